The second-order valence-corrected chi connectivity index (χ2v) is 8.23. The Morgan fingerprint density at radius 3 is 2.61 bits per heavy atom. The summed E-state index contributed by atoms with van der Waals surface area (Å²) in [5.74, 6) is -0.569. The Balaban J connectivity index is 1.78. The highest BCUT2D eigenvalue weighted by atomic mass is 79.9. The van der Waals surface area contributed by atoms with Crippen LogP contribution in [0.2, 0.25) is 0 Å². The summed E-state index contributed by atoms with van der Waals surface area (Å²) in [6.45, 7) is 3.96. The molecule has 1 unspecified atom stereocenters. The maximum atomic E-state index is 13.4. The van der Waals surface area contributed by atoms with Crippen molar-refractivity contribution in [3.8, 4) is 6.07 Å². The van der Waals surface area contributed by atoms with Gasteiger partial charge in [-0.1, -0.05) is 35.0 Å². The van der Waals surface area contributed by atoms with Crippen LogP contribution in [-0.4, -0.2) is 19.0 Å². The van der Waals surface area contributed by atoms with Crippen LogP contribution in [0.1, 0.15) is 36.5 Å². The number of nitriles is 1. The van der Waals surface area contributed by atoms with Crippen molar-refractivity contribution in [3.63, 3.8) is 0 Å². The Labute approximate surface area is 173 Å². The number of nitrogens with zero attached hydrogens (tertiary/aromatic N) is 1. The third-order valence-corrected chi connectivity index (χ3v) is 6.15. The molecule has 6 heteroatoms. The maximum Gasteiger partial charge on any atom is 0.223 e. The van der Waals surface area contributed by atoms with Crippen LogP contribution >= 0.6 is 15.9 Å². The van der Waals surface area contributed by atoms with Gasteiger partial charge in [-0.05, 0) is 67.4 Å². The summed E-state index contributed by atoms with van der Waals surface area (Å²) < 4.78 is 14.2. The zero-order chi connectivity index (χ0) is 20.1. The van der Waals surface area contributed by atoms with Crippen molar-refractivity contribution in [3.05, 3.63) is 69.4 Å². The number of carbonyl (C=O) groups excluding carboxylic acids is 1. The Hall–Kier alpha value is -2.23. The molecule has 28 heavy (non-hydrogen) atoms. The highest BCUT2D eigenvalue weighted by molar-refractivity contribution is 9.10. The Bertz CT molecular complexity index is 886. The van der Waals surface area contributed by atoms with Crippen LogP contribution in [0.5, 0.6) is 0 Å². The Morgan fingerprint density at radius 1 is 1.29 bits per heavy atom. The lowest BCUT2D eigenvalue weighted by atomic mass is 9.65. The molecule has 1 saturated heterocycles. The molecular weight excluding hydrogens is 421 g/mol. The van der Waals surface area contributed by atoms with Crippen LogP contribution in [-0.2, 0) is 16.8 Å². The summed E-state index contributed by atoms with van der Waals surface area (Å²) in [4.78, 5) is 13.0. The zero-order valence-corrected chi connectivity index (χ0v) is 17.4. The van der Waals surface area contributed by atoms with Crippen LogP contribution in [0.25, 0.3) is 0 Å². The Kier molecular flexibility index (Phi) is 6.48. The average molecular weight is 444 g/mol. The van der Waals surface area contributed by atoms with Crippen molar-refractivity contribution >= 4 is 21.8 Å². The van der Waals surface area contributed by atoms with E-state index in [2.05, 4.69) is 32.6 Å². The lowest BCUT2D eigenvalue weighted by Crippen LogP contribution is -2.49. The molecule has 1 aliphatic rings. The summed E-state index contributed by atoms with van der Waals surface area (Å²) in [7, 11) is 0. The molecule has 2 aromatic carbocycles. The maximum absolute atomic E-state index is 13.4. The molecule has 0 aromatic heterocycles. The van der Waals surface area contributed by atoms with Gasteiger partial charge < -0.3 is 10.6 Å². The SMILES string of the molecule is CC(C(=O)NCc1cc(Br)cc(C#N)c1)C1(c2ccc(F)cc2)CCNCC1. The van der Waals surface area contributed by atoms with E-state index in [0.717, 1.165) is 41.5 Å². The molecule has 1 amide bonds. The predicted molar refractivity (Wildman–Crippen MR) is 110 cm³/mol. The second-order valence-electron chi connectivity index (χ2n) is 7.31. The van der Waals surface area contributed by atoms with Gasteiger partial charge in [0.05, 0.1) is 11.6 Å². The normalized spacial score (nSPS) is 16.8. The highest BCUT2D eigenvalue weighted by Crippen LogP contribution is 2.40. The third kappa shape index (κ3) is 4.43. The van der Waals surface area contributed by atoms with Gasteiger partial charge >= 0.3 is 0 Å². The summed E-state index contributed by atoms with van der Waals surface area (Å²) in [6.07, 6.45) is 1.64. The van der Waals surface area contributed by atoms with Gasteiger partial charge in [0, 0.05) is 22.4 Å². The smallest absolute Gasteiger partial charge is 0.223 e. The topological polar surface area (TPSA) is 64.9 Å². The van der Waals surface area contributed by atoms with Gasteiger partial charge in [0.15, 0.2) is 0 Å². The number of piperidine rings is 1. The van der Waals surface area contributed by atoms with Gasteiger partial charge in [-0.15, -0.1) is 0 Å². The fourth-order valence-electron chi connectivity index (χ4n) is 4.04. The summed E-state index contributed by atoms with van der Waals surface area (Å²) >= 11 is 3.40. The van der Waals surface area contributed by atoms with Gasteiger partial charge in [0.25, 0.3) is 0 Å². The largest absolute Gasteiger partial charge is 0.352 e. The van der Waals surface area contributed by atoms with Crippen LogP contribution in [0.4, 0.5) is 4.39 Å². The average Bonchev–Trinajstić information content (AvgIpc) is 2.72. The van der Waals surface area contributed by atoms with Gasteiger partial charge in [-0.3, -0.25) is 4.79 Å². The van der Waals surface area contributed by atoms with Crippen LogP contribution in [0.3, 0.4) is 0 Å². The lowest BCUT2D eigenvalue weighted by Gasteiger charge is -2.42. The fourth-order valence-corrected chi connectivity index (χ4v) is 4.58. The van der Waals surface area contributed by atoms with Crippen molar-refractivity contribution in [1.82, 2.24) is 10.6 Å². The van der Waals surface area contributed by atoms with Crippen LogP contribution in [0, 0.1) is 23.1 Å². The second kappa shape index (κ2) is 8.85. The van der Waals surface area contributed by atoms with Gasteiger partial charge in [0.2, 0.25) is 5.91 Å². The van der Waals surface area contributed by atoms with Crippen molar-refractivity contribution in [1.29, 1.82) is 5.26 Å². The molecular formula is C22H23BrFN3O. The minimum absolute atomic E-state index is 0.0373. The molecule has 0 radical (unpaired) electrons. The first-order chi connectivity index (χ1) is 13.4. The van der Waals surface area contributed by atoms with Gasteiger partial charge in [-0.2, -0.15) is 5.26 Å². The quantitative estimate of drug-likeness (QED) is 0.732. The molecule has 4 nitrogen and oxygen atoms in total. The van der Waals surface area contributed by atoms with E-state index in [4.69, 9.17) is 5.26 Å². The van der Waals surface area contributed by atoms with E-state index in [0.29, 0.717) is 12.1 Å². The predicted octanol–water partition coefficient (Wildman–Crippen LogP) is 4.03. The number of benzene rings is 2. The first kappa shape index (κ1) is 20.5. The molecule has 146 valence electrons. The molecule has 2 N–H and O–H groups in total. The summed E-state index contributed by atoms with van der Waals surface area (Å²) in [6, 6.07) is 14.1. The number of hydrogen-bond donors (Lipinski definition) is 2. The molecule has 0 bridgehead atoms. The van der Waals surface area contributed by atoms with Crippen LogP contribution < -0.4 is 10.6 Å². The molecule has 1 atom stereocenters. The molecule has 3 rings (SSSR count). The van der Waals surface area contributed by atoms with E-state index < -0.39 is 0 Å². The van der Waals surface area contributed by atoms with Crippen molar-refractivity contribution in [2.45, 2.75) is 31.7 Å². The standard InChI is InChI=1S/C22H23BrFN3O/c1-15(21(28)27-14-17-10-16(13-25)11-19(23)12-17)22(6-8-26-9-7-22)18-2-4-20(24)5-3-18/h2-5,10-12,15,26H,6-9,14H2,1H3,(H,27,28). The zero-order valence-electron chi connectivity index (χ0n) is 15.8. The van der Waals surface area contributed by atoms with Gasteiger partial charge in [-0.25, -0.2) is 4.39 Å². The minimum Gasteiger partial charge on any atom is -0.352 e. The molecule has 2 aromatic rings. The van der Waals surface area contributed by atoms with Crippen molar-refractivity contribution in [2.75, 3.05) is 13.1 Å². The highest BCUT2D eigenvalue weighted by Gasteiger charge is 2.42. The van der Waals surface area contributed by atoms with E-state index >= 15 is 0 Å². The van der Waals surface area contributed by atoms with E-state index in [9.17, 15) is 9.18 Å². The van der Waals surface area contributed by atoms with Gasteiger partial charge in [0.1, 0.15) is 5.82 Å². The number of nitrogens with one attached hydrogen (secondary N) is 2. The van der Waals surface area contributed by atoms with E-state index in [1.165, 1.54) is 12.1 Å². The first-order valence-corrected chi connectivity index (χ1v) is 10.2. The number of hydrogen-bond acceptors (Lipinski definition) is 3. The Morgan fingerprint density at radius 2 is 1.96 bits per heavy atom. The molecule has 0 saturated carbocycles. The monoisotopic (exact) mass is 443 g/mol. The number of halogens is 2. The molecule has 1 heterocycles. The number of rotatable bonds is 5. The number of amides is 1. The summed E-state index contributed by atoms with van der Waals surface area (Å²) in [5, 5.41) is 15.5. The molecule has 0 aliphatic carbocycles. The lowest BCUT2D eigenvalue weighted by molar-refractivity contribution is -0.127. The molecule has 1 aliphatic heterocycles. The van der Waals surface area contributed by atoms with E-state index in [1.807, 2.05) is 13.0 Å². The number of carbonyl (C=O) groups is 1. The first-order valence-electron chi connectivity index (χ1n) is 9.39. The minimum atomic E-state index is -0.321. The summed E-state index contributed by atoms with van der Waals surface area (Å²) in [5.41, 5.74) is 2.10. The van der Waals surface area contributed by atoms with E-state index in [-0.39, 0.29) is 23.1 Å². The van der Waals surface area contributed by atoms with Crippen molar-refractivity contribution in [2.24, 2.45) is 5.92 Å². The molecule has 1 fully saturated rings. The van der Waals surface area contributed by atoms with E-state index in [1.54, 1.807) is 24.3 Å². The molecule has 0 spiro atoms. The van der Waals surface area contributed by atoms with Crippen LogP contribution in [0.15, 0.2) is 46.9 Å². The van der Waals surface area contributed by atoms with Crippen molar-refractivity contribution < 1.29 is 9.18 Å². The fraction of sp³-hybridized carbons (Fsp3) is 0.364. The third-order valence-electron chi connectivity index (χ3n) is 5.69.